The van der Waals surface area contributed by atoms with Crippen molar-refractivity contribution in [1.29, 1.82) is 0 Å². The molecule has 0 radical (unpaired) electrons. The number of amides is 2. The minimum absolute atomic E-state index is 0.136. The fourth-order valence-electron chi connectivity index (χ4n) is 3.58. The maximum Gasteiger partial charge on any atom is 0.227 e. The fraction of sp³-hybridized carbons (Fsp3) is 0.280. The van der Waals surface area contributed by atoms with Crippen molar-refractivity contribution in [2.24, 2.45) is 0 Å². The molecule has 1 N–H and O–H groups in total. The van der Waals surface area contributed by atoms with Gasteiger partial charge in [-0.25, -0.2) is 4.39 Å². The number of furan rings is 1. The summed E-state index contributed by atoms with van der Waals surface area (Å²) in [5.41, 5.74) is 2.02. The van der Waals surface area contributed by atoms with E-state index in [2.05, 4.69) is 5.32 Å². The number of benzene rings is 2. The molecule has 3 aromatic rings. The molecule has 1 fully saturated rings. The molecule has 2 aromatic carbocycles. The van der Waals surface area contributed by atoms with Gasteiger partial charge in [0, 0.05) is 43.1 Å². The molecular weight excluding hydrogens is 427 g/mol. The highest BCUT2D eigenvalue weighted by molar-refractivity contribution is 7.99. The van der Waals surface area contributed by atoms with Crippen LogP contribution in [0.4, 0.5) is 10.1 Å². The molecule has 4 rings (SSSR count). The van der Waals surface area contributed by atoms with E-state index in [1.54, 1.807) is 30.3 Å². The van der Waals surface area contributed by atoms with Crippen LogP contribution in [-0.4, -0.2) is 41.3 Å². The van der Waals surface area contributed by atoms with Crippen LogP contribution >= 0.6 is 11.8 Å². The molecule has 7 heteroatoms. The average molecular weight is 453 g/mol. The van der Waals surface area contributed by atoms with E-state index in [0.29, 0.717) is 35.6 Å². The number of hydrogen-bond acceptors (Lipinski definition) is 4. The molecule has 1 saturated heterocycles. The Morgan fingerprint density at radius 1 is 1.00 bits per heavy atom. The summed E-state index contributed by atoms with van der Waals surface area (Å²) in [7, 11) is 0. The van der Waals surface area contributed by atoms with Gasteiger partial charge in [-0.2, -0.15) is 11.8 Å². The van der Waals surface area contributed by atoms with Crippen LogP contribution in [-0.2, 0) is 22.4 Å². The lowest BCUT2D eigenvalue weighted by Crippen LogP contribution is -2.38. The summed E-state index contributed by atoms with van der Waals surface area (Å²) in [5, 5.41) is 2.86. The molecule has 0 aliphatic carbocycles. The zero-order chi connectivity index (χ0) is 22.3. The number of rotatable bonds is 7. The van der Waals surface area contributed by atoms with Crippen LogP contribution in [0, 0.1) is 5.82 Å². The van der Waals surface area contributed by atoms with Crippen molar-refractivity contribution in [2.75, 3.05) is 29.9 Å². The van der Waals surface area contributed by atoms with Crippen LogP contribution in [0.1, 0.15) is 17.7 Å². The van der Waals surface area contributed by atoms with Gasteiger partial charge in [0.15, 0.2) is 0 Å². The predicted octanol–water partition coefficient (Wildman–Crippen LogP) is 4.77. The first-order chi connectivity index (χ1) is 15.6. The first-order valence-corrected chi connectivity index (χ1v) is 11.8. The van der Waals surface area contributed by atoms with E-state index in [9.17, 15) is 14.0 Å². The number of nitrogens with one attached hydrogen (secondary N) is 1. The fourth-order valence-corrected chi connectivity index (χ4v) is 4.49. The Bertz CT molecular complexity index is 1070. The number of carbonyl (C=O) groups is 2. The molecule has 0 unspecified atom stereocenters. The van der Waals surface area contributed by atoms with Crippen molar-refractivity contribution in [2.45, 2.75) is 19.3 Å². The smallest absolute Gasteiger partial charge is 0.227 e. The monoisotopic (exact) mass is 452 g/mol. The van der Waals surface area contributed by atoms with Crippen molar-refractivity contribution in [1.82, 2.24) is 4.90 Å². The standard InChI is InChI=1S/C25H25FN2O3S/c26-22-4-2-1-3-21(22)23-11-9-20(31-23)10-12-24(29)27-19-7-5-18(6-8-19)17-25(30)28-13-15-32-16-14-28/h1-9,11H,10,12-17H2,(H,27,29). The van der Waals surface area contributed by atoms with Gasteiger partial charge in [-0.15, -0.1) is 0 Å². The van der Waals surface area contributed by atoms with Gasteiger partial charge in [-0.3, -0.25) is 9.59 Å². The van der Waals surface area contributed by atoms with Gasteiger partial charge in [-0.05, 0) is 42.0 Å². The van der Waals surface area contributed by atoms with Crippen molar-refractivity contribution in [3.05, 3.63) is 77.8 Å². The molecule has 0 atom stereocenters. The number of aryl methyl sites for hydroxylation is 1. The van der Waals surface area contributed by atoms with E-state index < -0.39 is 0 Å². The first kappa shape index (κ1) is 22.1. The molecule has 32 heavy (non-hydrogen) atoms. The van der Waals surface area contributed by atoms with Crippen molar-refractivity contribution >= 4 is 29.3 Å². The first-order valence-electron chi connectivity index (χ1n) is 10.7. The Morgan fingerprint density at radius 3 is 2.50 bits per heavy atom. The highest BCUT2D eigenvalue weighted by Gasteiger charge is 2.17. The van der Waals surface area contributed by atoms with Gasteiger partial charge < -0.3 is 14.6 Å². The molecular formula is C25H25FN2O3S. The van der Waals surface area contributed by atoms with Crippen LogP contribution in [0.2, 0.25) is 0 Å². The maximum atomic E-state index is 13.9. The summed E-state index contributed by atoms with van der Waals surface area (Å²) in [5.74, 6) is 2.75. The normalized spacial score (nSPS) is 13.7. The number of hydrogen-bond donors (Lipinski definition) is 1. The van der Waals surface area contributed by atoms with E-state index in [4.69, 9.17) is 4.42 Å². The van der Waals surface area contributed by atoms with Crippen molar-refractivity contribution in [3.8, 4) is 11.3 Å². The van der Waals surface area contributed by atoms with Gasteiger partial charge in [0.1, 0.15) is 17.3 Å². The molecule has 2 heterocycles. The lowest BCUT2D eigenvalue weighted by molar-refractivity contribution is -0.130. The van der Waals surface area contributed by atoms with Gasteiger partial charge in [0.2, 0.25) is 11.8 Å². The zero-order valence-electron chi connectivity index (χ0n) is 17.7. The zero-order valence-corrected chi connectivity index (χ0v) is 18.5. The summed E-state index contributed by atoms with van der Waals surface area (Å²) in [6.45, 7) is 1.63. The van der Waals surface area contributed by atoms with Crippen molar-refractivity contribution in [3.63, 3.8) is 0 Å². The minimum Gasteiger partial charge on any atom is -0.461 e. The van der Waals surface area contributed by atoms with Crippen LogP contribution in [0.3, 0.4) is 0 Å². The summed E-state index contributed by atoms with van der Waals surface area (Å²) >= 11 is 1.88. The van der Waals surface area contributed by atoms with Gasteiger partial charge in [0.05, 0.1) is 12.0 Å². The molecule has 5 nitrogen and oxygen atoms in total. The largest absolute Gasteiger partial charge is 0.461 e. The van der Waals surface area contributed by atoms with Gasteiger partial charge in [-0.1, -0.05) is 24.3 Å². The molecule has 2 amide bonds. The molecule has 0 bridgehead atoms. The van der Waals surface area contributed by atoms with Crippen LogP contribution in [0.25, 0.3) is 11.3 Å². The van der Waals surface area contributed by atoms with Crippen LogP contribution < -0.4 is 5.32 Å². The minimum atomic E-state index is -0.341. The lowest BCUT2D eigenvalue weighted by Gasteiger charge is -2.26. The van der Waals surface area contributed by atoms with Crippen molar-refractivity contribution < 1.29 is 18.4 Å². The summed E-state index contributed by atoms with van der Waals surface area (Å²) in [6, 6.07) is 17.3. The Kier molecular flexibility index (Phi) is 7.27. The second kappa shape index (κ2) is 10.5. The summed E-state index contributed by atoms with van der Waals surface area (Å²) in [4.78, 5) is 26.6. The molecule has 0 saturated carbocycles. The van der Waals surface area contributed by atoms with Gasteiger partial charge in [0.25, 0.3) is 0 Å². The summed E-state index contributed by atoms with van der Waals surface area (Å²) in [6.07, 6.45) is 1.04. The third-order valence-corrected chi connectivity index (χ3v) is 6.30. The molecule has 166 valence electrons. The molecule has 1 aliphatic rings. The lowest BCUT2D eigenvalue weighted by atomic mass is 10.1. The second-order valence-corrected chi connectivity index (χ2v) is 8.89. The molecule has 1 aromatic heterocycles. The number of halogens is 1. The third kappa shape index (κ3) is 5.79. The Hall–Kier alpha value is -3.06. The van der Waals surface area contributed by atoms with Gasteiger partial charge >= 0.3 is 0 Å². The Morgan fingerprint density at radius 2 is 1.75 bits per heavy atom. The highest BCUT2D eigenvalue weighted by atomic mass is 32.2. The maximum absolute atomic E-state index is 13.9. The number of nitrogens with zero attached hydrogens (tertiary/aromatic N) is 1. The Labute approximate surface area is 191 Å². The summed E-state index contributed by atoms with van der Waals surface area (Å²) < 4.78 is 19.6. The highest BCUT2D eigenvalue weighted by Crippen LogP contribution is 2.25. The van der Waals surface area contributed by atoms with Crippen LogP contribution in [0.5, 0.6) is 0 Å². The number of thioether (sulfide) groups is 1. The number of anilines is 1. The quantitative estimate of drug-likeness (QED) is 0.561. The van der Waals surface area contributed by atoms with E-state index in [0.717, 1.165) is 30.2 Å². The van der Waals surface area contributed by atoms with Crippen LogP contribution in [0.15, 0.2) is 65.1 Å². The predicted molar refractivity (Wildman–Crippen MR) is 125 cm³/mol. The van der Waals surface area contributed by atoms with E-state index in [-0.39, 0.29) is 24.1 Å². The molecule has 1 aliphatic heterocycles. The molecule has 0 spiro atoms. The van der Waals surface area contributed by atoms with E-state index in [1.807, 2.05) is 40.9 Å². The third-order valence-electron chi connectivity index (χ3n) is 5.36. The van der Waals surface area contributed by atoms with E-state index in [1.165, 1.54) is 6.07 Å². The Balaban J connectivity index is 1.25. The average Bonchev–Trinajstić information content (AvgIpc) is 3.29. The SMILES string of the molecule is O=C(CCc1ccc(-c2ccccc2F)o1)Nc1ccc(CC(=O)N2CCSCC2)cc1. The second-order valence-electron chi connectivity index (χ2n) is 7.66. The van der Waals surface area contributed by atoms with E-state index >= 15 is 0 Å². The number of carbonyl (C=O) groups excluding carboxylic acids is 2. The topological polar surface area (TPSA) is 62.6 Å².